The summed E-state index contributed by atoms with van der Waals surface area (Å²) in [5.41, 5.74) is 0.872. The molecular formula is C52H79IN2O11S2. The molecule has 1 saturated heterocycles. The van der Waals surface area contributed by atoms with Crippen LogP contribution in [0.25, 0.3) is 12.2 Å². The van der Waals surface area contributed by atoms with E-state index in [2.05, 4.69) is 38.6 Å². The van der Waals surface area contributed by atoms with Gasteiger partial charge in [-0.15, -0.1) is 22.7 Å². The summed E-state index contributed by atoms with van der Waals surface area (Å²) in [6, 6.07) is 0. The SMILES string of the molecule is C/C(=C\c1csc(C)n1)C1C/C=C\CCCC(C)[C@H](O)[C@@H](C)C(=O)C(C)(C)[C@@H](O)CC(=O)O1.C/C(=C\c1csc(C)n1)C1C[C@@H](I)[C@H](O)CCCC(C)[C@H](O)[C@@H](C)C(=O)C(C)(C)[C@@H](O)CC(=O)O1. The van der Waals surface area contributed by atoms with Gasteiger partial charge in [0.1, 0.15) is 23.8 Å². The van der Waals surface area contributed by atoms with E-state index in [0.717, 1.165) is 51.8 Å². The van der Waals surface area contributed by atoms with Gasteiger partial charge in [-0.3, -0.25) is 19.2 Å². The number of esters is 2. The lowest BCUT2D eigenvalue weighted by molar-refractivity contribution is -0.156. The molecule has 0 aliphatic carbocycles. The number of ether oxygens (including phenoxy) is 2. The van der Waals surface area contributed by atoms with Crippen molar-refractivity contribution in [3.63, 3.8) is 0 Å². The van der Waals surface area contributed by atoms with Crippen molar-refractivity contribution in [1.82, 2.24) is 9.97 Å². The van der Waals surface area contributed by atoms with Crippen LogP contribution in [0.15, 0.2) is 34.1 Å². The van der Waals surface area contributed by atoms with E-state index in [1.165, 1.54) is 11.3 Å². The summed E-state index contributed by atoms with van der Waals surface area (Å²) in [6.07, 6.45) is 6.81. The number of nitrogens with zero attached hydrogens (tertiary/aromatic N) is 2. The molecule has 4 heterocycles. The molecule has 4 unspecified atom stereocenters. The highest BCUT2D eigenvalue weighted by atomic mass is 127. The summed E-state index contributed by atoms with van der Waals surface area (Å²) in [5, 5.41) is 59.6. The van der Waals surface area contributed by atoms with Crippen molar-refractivity contribution in [2.45, 2.75) is 194 Å². The maximum absolute atomic E-state index is 13.2. The molecule has 0 aromatic carbocycles. The van der Waals surface area contributed by atoms with Gasteiger partial charge in [-0.1, -0.05) is 96.6 Å². The van der Waals surface area contributed by atoms with Gasteiger partial charge in [-0.2, -0.15) is 0 Å². The zero-order chi connectivity index (χ0) is 51.3. The molecule has 1 fully saturated rings. The zero-order valence-electron chi connectivity index (χ0n) is 42.2. The second kappa shape index (κ2) is 27.2. The number of ketones is 2. The fourth-order valence-corrected chi connectivity index (χ4v) is 10.6. The molecule has 4 rings (SSSR count). The van der Waals surface area contributed by atoms with Crippen LogP contribution in [0, 0.1) is 48.3 Å². The predicted molar refractivity (Wildman–Crippen MR) is 278 cm³/mol. The Morgan fingerprint density at radius 3 is 1.54 bits per heavy atom. The van der Waals surface area contributed by atoms with Crippen LogP contribution in [-0.4, -0.2) is 106 Å². The van der Waals surface area contributed by atoms with Gasteiger partial charge in [0.15, 0.2) is 0 Å². The molecule has 382 valence electrons. The van der Waals surface area contributed by atoms with Crippen molar-refractivity contribution in [2.75, 3.05) is 0 Å². The first-order valence-corrected chi connectivity index (χ1v) is 27.0. The van der Waals surface area contributed by atoms with E-state index in [1.54, 1.807) is 52.9 Å². The Morgan fingerprint density at radius 1 is 0.676 bits per heavy atom. The van der Waals surface area contributed by atoms with Crippen LogP contribution in [0.5, 0.6) is 0 Å². The first-order chi connectivity index (χ1) is 31.7. The Hall–Kier alpha value is -2.71. The molecule has 0 radical (unpaired) electrons. The minimum Gasteiger partial charge on any atom is -0.458 e. The number of aryl methyl sites for hydroxylation is 2. The van der Waals surface area contributed by atoms with E-state index < -0.39 is 77.3 Å². The number of thiazole rings is 2. The van der Waals surface area contributed by atoms with E-state index in [1.807, 2.05) is 70.5 Å². The molecular weight excluding hydrogens is 1020 g/mol. The largest absolute Gasteiger partial charge is 0.458 e. The molecule has 0 spiro atoms. The second-order valence-electron chi connectivity index (χ2n) is 20.3. The molecule has 13 nitrogen and oxygen atoms in total. The van der Waals surface area contributed by atoms with Gasteiger partial charge in [0, 0.05) is 39.4 Å². The highest BCUT2D eigenvalue weighted by molar-refractivity contribution is 14.1. The molecule has 2 aromatic rings. The minimum atomic E-state index is -1.26. The summed E-state index contributed by atoms with van der Waals surface area (Å²) < 4.78 is 11.4. The molecule has 12 atom stereocenters. The summed E-state index contributed by atoms with van der Waals surface area (Å²) in [7, 11) is 0. The lowest BCUT2D eigenvalue weighted by atomic mass is 9.73. The van der Waals surface area contributed by atoms with Crippen molar-refractivity contribution in [2.24, 2.45) is 34.5 Å². The lowest BCUT2D eigenvalue weighted by Gasteiger charge is -2.35. The number of allylic oxidation sites excluding steroid dienone is 1. The van der Waals surface area contributed by atoms with Gasteiger partial charge < -0.3 is 35.0 Å². The van der Waals surface area contributed by atoms with Gasteiger partial charge in [-0.25, -0.2) is 9.97 Å². The van der Waals surface area contributed by atoms with Gasteiger partial charge in [0.25, 0.3) is 0 Å². The highest BCUT2D eigenvalue weighted by Gasteiger charge is 2.44. The first-order valence-electron chi connectivity index (χ1n) is 24.0. The number of Topliss-reactive ketones (excluding diaryl/α,β-unsaturated/α-hetero) is 2. The third-order valence-corrected chi connectivity index (χ3v) is 16.7. The van der Waals surface area contributed by atoms with E-state index in [4.69, 9.17) is 9.47 Å². The summed E-state index contributed by atoms with van der Waals surface area (Å²) in [6.45, 7) is 21.3. The molecule has 16 heteroatoms. The van der Waals surface area contributed by atoms with Crippen molar-refractivity contribution in [3.8, 4) is 0 Å². The molecule has 2 aliphatic rings. The number of aliphatic hydroxyl groups excluding tert-OH is 5. The predicted octanol–water partition coefficient (Wildman–Crippen LogP) is 9.36. The third kappa shape index (κ3) is 17.5. The quantitative estimate of drug-likeness (QED) is 0.0837. The van der Waals surface area contributed by atoms with Crippen molar-refractivity contribution in [1.29, 1.82) is 0 Å². The maximum atomic E-state index is 13.2. The Morgan fingerprint density at radius 2 is 1.10 bits per heavy atom. The number of aliphatic hydroxyl groups is 5. The minimum absolute atomic E-state index is 0.0392. The molecule has 2 aliphatic heterocycles. The van der Waals surface area contributed by atoms with Crippen LogP contribution in [-0.2, 0) is 28.7 Å². The van der Waals surface area contributed by atoms with Crippen molar-refractivity contribution < 1.29 is 54.2 Å². The Bertz CT molecular complexity index is 2060. The van der Waals surface area contributed by atoms with Crippen molar-refractivity contribution in [3.05, 3.63) is 55.5 Å². The first kappa shape index (κ1) is 59.6. The number of rotatable bonds is 4. The summed E-state index contributed by atoms with van der Waals surface area (Å²) in [4.78, 5) is 60.8. The number of hydrogen-bond donors (Lipinski definition) is 5. The van der Waals surface area contributed by atoms with E-state index >= 15 is 0 Å². The number of hydrogen-bond acceptors (Lipinski definition) is 15. The molecule has 0 bridgehead atoms. The number of carbonyl (C=O) groups excluding carboxylic acids is 4. The fraction of sp³-hybridized carbons (Fsp3) is 0.692. The van der Waals surface area contributed by atoms with Crippen LogP contribution in [0.3, 0.4) is 0 Å². The Kier molecular flexibility index (Phi) is 23.8. The van der Waals surface area contributed by atoms with Gasteiger partial charge in [0.05, 0.1) is 75.6 Å². The molecule has 0 saturated carbocycles. The highest BCUT2D eigenvalue weighted by Crippen LogP contribution is 2.35. The molecule has 2 aromatic heterocycles. The number of carbonyl (C=O) groups is 4. The zero-order valence-corrected chi connectivity index (χ0v) is 46.0. The van der Waals surface area contributed by atoms with E-state index in [9.17, 15) is 44.7 Å². The smallest absolute Gasteiger partial charge is 0.309 e. The van der Waals surface area contributed by atoms with Crippen LogP contribution in [0.2, 0.25) is 0 Å². The van der Waals surface area contributed by atoms with Gasteiger partial charge in [0.2, 0.25) is 0 Å². The topological polar surface area (TPSA) is 214 Å². The van der Waals surface area contributed by atoms with Crippen molar-refractivity contribution >= 4 is 80.9 Å². The lowest BCUT2D eigenvalue weighted by Crippen LogP contribution is -2.45. The van der Waals surface area contributed by atoms with Gasteiger partial charge in [-0.05, 0) is 94.9 Å². The Labute approximate surface area is 426 Å². The van der Waals surface area contributed by atoms with Crippen LogP contribution in [0.1, 0.15) is 155 Å². The normalized spacial score (nSPS) is 33.1. The second-order valence-corrected chi connectivity index (χ2v) is 24.1. The summed E-state index contributed by atoms with van der Waals surface area (Å²) >= 11 is 5.29. The van der Waals surface area contributed by atoms with Crippen LogP contribution >= 0.6 is 45.3 Å². The number of halogens is 1. The van der Waals surface area contributed by atoms with E-state index in [0.29, 0.717) is 32.1 Å². The third-order valence-electron chi connectivity index (χ3n) is 13.8. The van der Waals surface area contributed by atoms with Crippen LogP contribution in [0.4, 0.5) is 0 Å². The average molecular weight is 1100 g/mol. The average Bonchev–Trinajstić information content (AvgIpc) is 3.89. The fourth-order valence-electron chi connectivity index (χ4n) is 8.66. The Balaban J connectivity index is 0.000000361. The number of aromatic nitrogens is 2. The number of cyclic esters (lactones) is 2. The standard InChI is InChI=1S/C26H40INO6S.C26H39NO5S/c1-14-8-7-9-20(29)19(27)11-21(15(2)10-18-13-35-17(4)28-18)34-23(31)12-22(30)26(5,6)25(33)16(3)24(14)32;1-16-11-9-7-8-10-12-21(17(2)13-20-15-33-19(4)27-20)32-23(29)14-22(28)26(5,6)25(31)18(3)24(16)30/h10,13-14,16,19-22,24,29-30,32H,7-9,11-12H2,1-6H3;8,10,13,15-16,18,21-22,24,28,30H,7,9,11-12,14H2,1-6H3/b15-10+;10-8-,17-13+/t14?,16-,19-,20-,21?,22+,24+;16?,18-,21?,22+,24+/m11/s1. The summed E-state index contributed by atoms with van der Waals surface area (Å²) in [5.74, 6) is -3.22. The molecule has 68 heavy (non-hydrogen) atoms. The van der Waals surface area contributed by atoms with E-state index in [-0.39, 0.29) is 40.2 Å². The number of alkyl halides is 1. The monoisotopic (exact) mass is 1100 g/mol. The molecule has 5 N–H and O–H groups in total. The van der Waals surface area contributed by atoms with Gasteiger partial charge >= 0.3 is 11.9 Å². The maximum Gasteiger partial charge on any atom is 0.309 e. The van der Waals surface area contributed by atoms with Crippen LogP contribution < -0.4 is 0 Å². The molecule has 0 amide bonds.